The van der Waals surface area contributed by atoms with Crippen LogP contribution >= 0.6 is 0 Å². The van der Waals surface area contributed by atoms with Gasteiger partial charge in [-0.05, 0) is 43.0 Å². The third-order valence-corrected chi connectivity index (χ3v) is 6.12. The molecule has 0 spiro atoms. The second-order valence-corrected chi connectivity index (χ2v) is 8.11. The molecule has 1 heterocycles. The van der Waals surface area contributed by atoms with Crippen molar-refractivity contribution in [2.45, 2.75) is 57.0 Å². The van der Waals surface area contributed by atoms with Crippen LogP contribution in [0.3, 0.4) is 0 Å². The third kappa shape index (κ3) is 4.13. The highest BCUT2D eigenvalue weighted by molar-refractivity contribution is 5.93. The van der Waals surface area contributed by atoms with Crippen molar-refractivity contribution in [3.05, 3.63) is 59.7 Å². The maximum atomic E-state index is 13.4. The first-order valence-corrected chi connectivity index (χ1v) is 10.6. The van der Waals surface area contributed by atoms with Gasteiger partial charge < -0.3 is 20.1 Å². The van der Waals surface area contributed by atoms with Gasteiger partial charge in [0.15, 0.2) is 11.5 Å². The minimum absolute atomic E-state index is 0.0940. The molecule has 1 aliphatic carbocycles. The zero-order chi connectivity index (χ0) is 21.0. The lowest BCUT2D eigenvalue weighted by Crippen LogP contribution is -2.52. The molecule has 0 aromatic heterocycles. The van der Waals surface area contributed by atoms with Crippen molar-refractivity contribution in [1.82, 2.24) is 10.6 Å². The first kappa shape index (κ1) is 20.3. The van der Waals surface area contributed by atoms with Crippen LogP contribution in [0.25, 0.3) is 0 Å². The summed E-state index contributed by atoms with van der Waals surface area (Å²) in [5, 5.41) is 5.87. The molecule has 4 rings (SSSR count). The Bertz CT molecular complexity index is 907. The average molecular weight is 408 g/mol. The highest BCUT2D eigenvalue weighted by Crippen LogP contribution is 2.43. The van der Waals surface area contributed by atoms with Crippen molar-refractivity contribution in [3.8, 4) is 11.5 Å². The van der Waals surface area contributed by atoms with E-state index in [4.69, 9.17) is 9.47 Å². The second-order valence-electron chi connectivity index (χ2n) is 8.11. The van der Waals surface area contributed by atoms with E-state index >= 15 is 0 Å². The van der Waals surface area contributed by atoms with E-state index in [0.29, 0.717) is 18.0 Å². The number of hydrogen-bond acceptors (Lipinski definition) is 4. The maximum absolute atomic E-state index is 13.4. The van der Waals surface area contributed by atoms with Gasteiger partial charge in [-0.25, -0.2) is 0 Å². The fourth-order valence-corrected chi connectivity index (χ4v) is 4.33. The molecular weight excluding hydrogens is 380 g/mol. The van der Waals surface area contributed by atoms with E-state index in [2.05, 4.69) is 10.6 Å². The Morgan fingerprint density at radius 1 is 1.00 bits per heavy atom. The minimum Gasteiger partial charge on any atom is -0.454 e. The highest BCUT2D eigenvalue weighted by Gasteiger charge is 2.42. The van der Waals surface area contributed by atoms with E-state index in [9.17, 15) is 9.59 Å². The fraction of sp³-hybridized carbons (Fsp3) is 0.417. The van der Waals surface area contributed by atoms with Crippen LogP contribution in [0.4, 0.5) is 0 Å². The molecule has 1 unspecified atom stereocenters. The number of fused-ring (bicyclic) bond motifs is 1. The number of carbonyl (C=O) groups is 2. The van der Waals surface area contributed by atoms with Crippen LogP contribution in [0.5, 0.6) is 11.5 Å². The SMILES string of the molecule is CC(NC(=O)C1(c2ccc3c(c2)OCO3)CCCCC1)C(=O)NCc1ccccc1. The number of amides is 2. The summed E-state index contributed by atoms with van der Waals surface area (Å²) in [6.07, 6.45) is 4.60. The zero-order valence-corrected chi connectivity index (χ0v) is 17.3. The molecule has 2 N–H and O–H groups in total. The summed E-state index contributed by atoms with van der Waals surface area (Å²) in [4.78, 5) is 26.0. The molecule has 6 nitrogen and oxygen atoms in total. The van der Waals surface area contributed by atoms with Gasteiger partial charge in [-0.15, -0.1) is 0 Å². The average Bonchev–Trinajstić information content (AvgIpc) is 3.26. The van der Waals surface area contributed by atoms with Gasteiger partial charge in [-0.2, -0.15) is 0 Å². The van der Waals surface area contributed by atoms with Crippen molar-refractivity contribution in [2.24, 2.45) is 0 Å². The lowest BCUT2D eigenvalue weighted by molar-refractivity contribution is -0.132. The van der Waals surface area contributed by atoms with Crippen LogP contribution in [0.1, 0.15) is 50.2 Å². The summed E-state index contributed by atoms with van der Waals surface area (Å²) < 4.78 is 10.9. The van der Waals surface area contributed by atoms with Crippen LogP contribution < -0.4 is 20.1 Å². The molecule has 2 aromatic carbocycles. The Morgan fingerprint density at radius 2 is 1.73 bits per heavy atom. The summed E-state index contributed by atoms with van der Waals surface area (Å²) in [6, 6.07) is 14.9. The van der Waals surface area contributed by atoms with E-state index in [1.54, 1.807) is 6.92 Å². The largest absolute Gasteiger partial charge is 0.454 e. The molecule has 1 fully saturated rings. The Morgan fingerprint density at radius 3 is 2.50 bits per heavy atom. The number of rotatable bonds is 6. The molecule has 6 heteroatoms. The smallest absolute Gasteiger partial charge is 0.242 e. The number of benzene rings is 2. The monoisotopic (exact) mass is 408 g/mol. The summed E-state index contributed by atoms with van der Waals surface area (Å²) >= 11 is 0. The molecular formula is C24H28N2O4. The summed E-state index contributed by atoms with van der Waals surface area (Å²) in [5.74, 6) is 1.10. The Labute approximate surface area is 177 Å². The molecule has 1 aliphatic heterocycles. The van der Waals surface area contributed by atoms with Gasteiger partial charge in [0.1, 0.15) is 6.04 Å². The van der Waals surface area contributed by atoms with E-state index in [1.807, 2.05) is 48.5 Å². The molecule has 0 saturated heterocycles. The van der Waals surface area contributed by atoms with Gasteiger partial charge >= 0.3 is 0 Å². The molecule has 1 atom stereocenters. The van der Waals surface area contributed by atoms with Crippen molar-refractivity contribution < 1.29 is 19.1 Å². The lowest BCUT2D eigenvalue weighted by atomic mass is 9.68. The predicted octanol–water partition coefficient (Wildman–Crippen LogP) is 3.44. The molecule has 2 amide bonds. The second kappa shape index (κ2) is 8.78. The van der Waals surface area contributed by atoms with Gasteiger partial charge in [0.25, 0.3) is 0 Å². The Kier molecular flexibility index (Phi) is 5.93. The summed E-state index contributed by atoms with van der Waals surface area (Å²) in [7, 11) is 0. The summed E-state index contributed by atoms with van der Waals surface area (Å²) in [5.41, 5.74) is 1.31. The van der Waals surface area contributed by atoms with Crippen LogP contribution in [0.2, 0.25) is 0 Å². The van der Waals surface area contributed by atoms with E-state index in [-0.39, 0.29) is 18.6 Å². The normalized spacial score (nSPS) is 17.8. The molecule has 1 saturated carbocycles. The highest BCUT2D eigenvalue weighted by atomic mass is 16.7. The standard InChI is InChI=1S/C24H28N2O4/c1-17(22(27)25-15-18-8-4-2-5-9-18)26-23(28)24(12-6-3-7-13-24)19-10-11-20-21(14-19)30-16-29-20/h2,4-5,8-11,14,17H,3,6-7,12-13,15-16H2,1H3,(H,25,27)(H,26,28). The molecule has 158 valence electrons. The Balaban J connectivity index is 1.46. The lowest BCUT2D eigenvalue weighted by Gasteiger charge is -2.37. The van der Waals surface area contributed by atoms with Gasteiger partial charge in [0, 0.05) is 6.54 Å². The zero-order valence-electron chi connectivity index (χ0n) is 17.3. The van der Waals surface area contributed by atoms with Crippen LogP contribution in [-0.2, 0) is 21.5 Å². The van der Waals surface area contributed by atoms with E-state index in [0.717, 1.165) is 43.2 Å². The van der Waals surface area contributed by atoms with Gasteiger partial charge in [-0.1, -0.05) is 55.7 Å². The molecule has 2 aromatic rings. The van der Waals surface area contributed by atoms with Crippen molar-refractivity contribution in [1.29, 1.82) is 0 Å². The molecule has 0 radical (unpaired) electrons. The van der Waals surface area contributed by atoms with Gasteiger partial charge in [0.2, 0.25) is 18.6 Å². The number of hydrogen-bond donors (Lipinski definition) is 2. The topological polar surface area (TPSA) is 76.7 Å². The maximum Gasteiger partial charge on any atom is 0.242 e. The first-order chi connectivity index (χ1) is 14.6. The van der Waals surface area contributed by atoms with Crippen LogP contribution in [0.15, 0.2) is 48.5 Å². The predicted molar refractivity (Wildman–Crippen MR) is 113 cm³/mol. The van der Waals surface area contributed by atoms with E-state index < -0.39 is 11.5 Å². The van der Waals surface area contributed by atoms with Crippen molar-refractivity contribution in [3.63, 3.8) is 0 Å². The molecule has 2 aliphatic rings. The van der Waals surface area contributed by atoms with Crippen LogP contribution in [0, 0.1) is 0 Å². The van der Waals surface area contributed by atoms with Gasteiger partial charge in [-0.3, -0.25) is 9.59 Å². The fourth-order valence-electron chi connectivity index (χ4n) is 4.33. The van der Waals surface area contributed by atoms with Crippen molar-refractivity contribution in [2.75, 3.05) is 6.79 Å². The third-order valence-electron chi connectivity index (χ3n) is 6.12. The van der Waals surface area contributed by atoms with Gasteiger partial charge in [0.05, 0.1) is 5.41 Å². The minimum atomic E-state index is -0.646. The van der Waals surface area contributed by atoms with Crippen molar-refractivity contribution >= 4 is 11.8 Å². The first-order valence-electron chi connectivity index (χ1n) is 10.6. The Hall–Kier alpha value is -3.02. The molecule has 0 bridgehead atoms. The van der Waals surface area contributed by atoms with Crippen LogP contribution in [-0.4, -0.2) is 24.6 Å². The quantitative estimate of drug-likeness (QED) is 0.768. The number of nitrogens with one attached hydrogen (secondary N) is 2. The molecule has 30 heavy (non-hydrogen) atoms. The summed E-state index contributed by atoms with van der Waals surface area (Å²) in [6.45, 7) is 2.37. The number of carbonyl (C=O) groups excluding carboxylic acids is 2. The van der Waals surface area contributed by atoms with E-state index in [1.165, 1.54) is 0 Å². The number of ether oxygens (including phenoxy) is 2.